The van der Waals surface area contributed by atoms with Gasteiger partial charge in [-0.05, 0) is 25.8 Å². The SMILES string of the molecule is CCCc1cc([C@H]2CCCN2CCC(=O)O)no1. The summed E-state index contributed by atoms with van der Waals surface area (Å²) < 4.78 is 5.30. The number of nitrogens with zero attached hydrogens (tertiary/aromatic N) is 2. The average molecular weight is 252 g/mol. The first-order valence-electron chi connectivity index (χ1n) is 6.62. The molecule has 2 rings (SSSR count). The van der Waals surface area contributed by atoms with Crippen molar-refractivity contribution in [2.75, 3.05) is 13.1 Å². The molecule has 5 nitrogen and oxygen atoms in total. The van der Waals surface area contributed by atoms with Crippen molar-refractivity contribution in [2.24, 2.45) is 0 Å². The molecule has 0 bridgehead atoms. The van der Waals surface area contributed by atoms with E-state index < -0.39 is 5.97 Å². The number of rotatable bonds is 6. The monoisotopic (exact) mass is 252 g/mol. The molecule has 0 amide bonds. The Morgan fingerprint density at radius 3 is 3.22 bits per heavy atom. The standard InChI is InChI=1S/C13H20N2O3/c1-2-4-10-9-11(14-18-10)12-5-3-7-15(12)8-6-13(16)17/h9,12H,2-8H2,1H3,(H,16,17)/t12-/m1/s1. The summed E-state index contributed by atoms with van der Waals surface area (Å²) in [4.78, 5) is 12.8. The van der Waals surface area contributed by atoms with Crippen molar-refractivity contribution in [3.63, 3.8) is 0 Å². The zero-order valence-corrected chi connectivity index (χ0v) is 10.8. The second-order valence-electron chi connectivity index (χ2n) is 4.81. The van der Waals surface area contributed by atoms with Crippen LogP contribution in [0.4, 0.5) is 0 Å². The predicted octanol–water partition coefficient (Wildman–Crippen LogP) is 2.24. The zero-order valence-electron chi connectivity index (χ0n) is 10.8. The van der Waals surface area contributed by atoms with Crippen LogP contribution in [0.15, 0.2) is 10.6 Å². The van der Waals surface area contributed by atoms with Crippen molar-refractivity contribution in [1.29, 1.82) is 0 Å². The minimum Gasteiger partial charge on any atom is -0.481 e. The first kappa shape index (κ1) is 13.1. The number of likely N-dealkylation sites (tertiary alicyclic amines) is 1. The van der Waals surface area contributed by atoms with Crippen molar-refractivity contribution in [3.05, 3.63) is 17.5 Å². The van der Waals surface area contributed by atoms with Crippen molar-refractivity contribution < 1.29 is 14.4 Å². The van der Waals surface area contributed by atoms with Crippen molar-refractivity contribution >= 4 is 5.97 Å². The summed E-state index contributed by atoms with van der Waals surface area (Å²) in [5, 5.41) is 12.9. The Balaban J connectivity index is 1.98. The topological polar surface area (TPSA) is 66.6 Å². The van der Waals surface area contributed by atoms with Gasteiger partial charge in [0.2, 0.25) is 0 Å². The van der Waals surface area contributed by atoms with E-state index in [4.69, 9.17) is 9.63 Å². The van der Waals surface area contributed by atoms with Gasteiger partial charge in [0.15, 0.2) is 0 Å². The maximum atomic E-state index is 10.6. The van der Waals surface area contributed by atoms with E-state index in [1.165, 1.54) is 0 Å². The number of carbonyl (C=O) groups is 1. The van der Waals surface area contributed by atoms with Gasteiger partial charge in [0.25, 0.3) is 0 Å². The molecule has 5 heteroatoms. The Morgan fingerprint density at radius 2 is 2.50 bits per heavy atom. The molecule has 1 aromatic rings. The highest BCUT2D eigenvalue weighted by Gasteiger charge is 2.28. The molecule has 1 fully saturated rings. The molecule has 1 aromatic heterocycles. The fraction of sp³-hybridized carbons (Fsp3) is 0.692. The highest BCUT2D eigenvalue weighted by atomic mass is 16.5. The number of hydrogen-bond acceptors (Lipinski definition) is 4. The van der Waals surface area contributed by atoms with Crippen LogP contribution in [0.3, 0.4) is 0 Å². The maximum Gasteiger partial charge on any atom is 0.304 e. The van der Waals surface area contributed by atoms with Gasteiger partial charge in [-0.2, -0.15) is 0 Å². The lowest BCUT2D eigenvalue weighted by Gasteiger charge is -2.21. The summed E-state index contributed by atoms with van der Waals surface area (Å²) in [5.74, 6) is 0.185. The number of aliphatic carboxylic acids is 1. The third kappa shape index (κ3) is 3.10. The number of aryl methyl sites for hydroxylation is 1. The second-order valence-corrected chi connectivity index (χ2v) is 4.81. The lowest BCUT2D eigenvalue weighted by Crippen LogP contribution is -2.26. The molecule has 0 radical (unpaired) electrons. The van der Waals surface area contributed by atoms with E-state index in [2.05, 4.69) is 17.0 Å². The van der Waals surface area contributed by atoms with Gasteiger partial charge in [-0.1, -0.05) is 12.1 Å². The van der Waals surface area contributed by atoms with Crippen LogP contribution in [0.5, 0.6) is 0 Å². The molecule has 1 aliphatic rings. The van der Waals surface area contributed by atoms with Gasteiger partial charge in [-0.25, -0.2) is 0 Å². The van der Waals surface area contributed by atoms with Crippen LogP contribution in [-0.4, -0.2) is 34.2 Å². The normalized spacial score (nSPS) is 20.4. The van der Waals surface area contributed by atoms with Gasteiger partial charge >= 0.3 is 5.97 Å². The molecule has 0 aliphatic carbocycles. The predicted molar refractivity (Wildman–Crippen MR) is 66.3 cm³/mol. The summed E-state index contributed by atoms with van der Waals surface area (Å²) in [5.41, 5.74) is 0.960. The average Bonchev–Trinajstić information content (AvgIpc) is 2.94. The Kier molecular flexibility index (Phi) is 4.36. The van der Waals surface area contributed by atoms with Gasteiger partial charge in [-0.15, -0.1) is 0 Å². The minimum absolute atomic E-state index is 0.191. The third-order valence-electron chi connectivity index (χ3n) is 3.39. The Hall–Kier alpha value is -1.36. The number of carboxylic acids is 1. The van der Waals surface area contributed by atoms with Crippen LogP contribution >= 0.6 is 0 Å². The Labute approximate surface area is 107 Å². The summed E-state index contributed by atoms with van der Waals surface area (Å²) >= 11 is 0. The van der Waals surface area contributed by atoms with E-state index in [-0.39, 0.29) is 12.5 Å². The lowest BCUT2D eigenvalue weighted by atomic mass is 10.1. The molecule has 1 aliphatic heterocycles. The van der Waals surface area contributed by atoms with Crippen LogP contribution in [0.2, 0.25) is 0 Å². The van der Waals surface area contributed by atoms with Crippen LogP contribution in [0.25, 0.3) is 0 Å². The molecular formula is C13H20N2O3. The number of aromatic nitrogens is 1. The van der Waals surface area contributed by atoms with E-state index in [0.29, 0.717) is 6.54 Å². The Morgan fingerprint density at radius 1 is 1.67 bits per heavy atom. The largest absolute Gasteiger partial charge is 0.481 e. The first-order valence-corrected chi connectivity index (χ1v) is 6.62. The molecule has 0 aromatic carbocycles. The smallest absolute Gasteiger partial charge is 0.304 e. The van der Waals surface area contributed by atoms with E-state index >= 15 is 0 Å². The Bertz CT molecular complexity index is 403. The quantitative estimate of drug-likeness (QED) is 0.841. The minimum atomic E-state index is -0.743. The van der Waals surface area contributed by atoms with Gasteiger partial charge in [0, 0.05) is 19.0 Å². The molecule has 0 unspecified atom stereocenters. The first-order chi connectivity index (χ1) is 8.70. The van der Waals surface area contributed by atoms with Gasteiger partial charge in [-0.3, -0.25) is 9.69 Å². The molecule has 0 saturated carbocycles. The second kappa shape index (κ2) is 6.00. The zero-order chi connectivity index (χ0) is 13.0. The van der Waals surface area contributed by atoms with E-state index in [9.17, 15) is 4.79 Å². The molecule has 0 spiro atoms. The highest BCUT2D eigenvalue weighted by molar-refractivity contribution is 5.66. The number of hydrogen-bond donors (Lipinski definition) is 1. The van der Waals surface area contributed by atoms with Crippen LogP contribution in [-0.2, 0) is 11.2 Å². The number of carboxylic acid groups (broad SMARTS) is 1. The molecule has 100 valence electrons. The van der Waals surface area contributed by atoms with Gasteiger partial charge < -0.3 is 9.63 Å². The van der Waals surface area contributed by atoms with E-state index in [1.54, 1.807) is 0 Å². The summed E-state index contributed by atoms with van der Waals surface area (Å²) in [6.45, 7) is 3.65. The van der Waals surface area contributed by atoms with Crippen molar-refractivity contribution in [1.82, 2.24) is 10.1 Å². The van der Waals surface area contributed by atoms with Gasteiger partial charge in [0.1, 0.15) is 11.5 Å². The van der Waals surface area contributed by atoms with Crippen LogP contribution in [0, 0.1) is 0 Å². The molecule has 1 atom stereocenters. The molecule has 2 heterocycles. The molecule has 1 saturated heterocycles. The fourth-order valence-corrected chi connectivity index (χ4v) is 2.52. The van der Waals surface area contributed by atoms with Crippen LogP contribution in [0.1, 0.15) is 50.1 Å². The summed E-state index contributed by atoms with van der Waals surface area (Å²) in [6.07, 6.45) is 4.28. The fourth-order valence-electron chi connectivity index (χ4n) is 2.52. The molecular weight excluding hydrogens is 232 g/mol. The van der Waals surface area contributed by atoms with Crippen LogP contribution < -0.4 is 0 Å². The van der Waals surface area contributed by atoms with Crippen molar-refractivity contribution in [2.45, 2.75) is 45.1 Å². The third-order valence-corrected chi connectivity index (χ3v) is 3.39. The van der Waals surface area contributed by atoms with E-state index in [0.717, 1.165) is 43.7 Å². The van der Waals surface area contributed by atoms with Gasteiger partial charge in [0.05, 0.1) is 12.5 Å². The molecule has 18 heavy (non-hydrogen) atoms. The lowest BCUT2D eigenvalue weighted by molar-refractivity contribution is -0.137. The summed E-state index contributed by atoms with van der Waals surface area (Å²) in [6, 6.07) is 2.26. The van der Waals surface area contributed by atoms with Crippen molar-refractivity contribution in [3.8, 4) is 0 Å². The van der Waals surface area contributed by atoms with E-state index in [1.807, 2.05) is 6.07 Å². The molecule has 1 N–H and O–H groups in total. The summed E-state index contributed by atoms with van der Waals surface area (Å²) in [7, 11) is 0. The highest BCUT2D eigenvalue weighted by Crippen LogP contribution is 2.31. The maximum absolute atomic E-state index is 10.6.